The Bertz CT molecular complexity index is 549. The van der Waals surface area contributed by atoms with E-state index in [2.05, 4.69) is 93.5 Å². The zero-order valence-corrected chi connectivity index (χ0v) is 14.3. The van der Waals surface area contributed by atoms with Crippen LogP contribution >= 0.6 is 31.9 Å². The molecule has 0 aromatic heterocycles. The second-order valence-corrected chi connectivity index (χ2v) is 6.41. The van der Waals surface area contributed by atoms with E-state index in [1.165, 1.54) is 11.1 Å². The van der Waals surface area contributed by atoms with Gasteiger partial charge < -0.3 is 5.32 Å². The van der Waals surface area contributed by atoms with E-state index >= 15 is 0 Å². The predicted molar refractivity (Wildman–Crippen MR) is 89.7 cm³/mol. The van der Waals surface area contributed by atoms with E-state index in [-0.39, 0.29) is 0 Å². The first-order valence-corrected chi connectivity index (χ1v) is 7.97. The molecule has 100 valence electrons. The molecule has 1 N–H and O–H groups in total. The Morgan fingerprint density at radius 2 is 1.74 bits per heavy atom. The topological polar surface area (TPSA) is 12.0 Å². The summed E-state index contributed by atoms with van der Waals surface area (Å²) in [4.78, 5) is 0. The molecule has 1 unspecified atom stereocenters. The molecule has 3 heteroatoms. The Morgan fingerprint density at radius 3 is 2.32 bits per heavy atom. The molecular weight excluding hydrogens is 366 g/mol. The summed E-state index contributed by atoms with van der Waals surface area (Å²) < 4.78 is 2.15. The van der Waals surface area contributed by atoms with Gasteiger partial charge in [0.05, 0.1) is 6.04 Å². The molecule has 0 fully saturated rings. The van der Waals surface area contributed by atoms with E-state index < -0.39 is 0 Å². The Kier molecular flexibility index (Phi) is 5.06. The lowest BCUT2D eigenvalue weighted by molar-refractivity contribution is 0.748. The fourth-order valence-corrected chi connectivity index (χ4v) is 3.18. The SMILES string of the molecule is CCC(Nc1ccc(Br)cc1Br)c1ccc(C)cc1. The van der Waals surface area contributed by atoms with E-state index in [0.29, 0.717) is 6.04 Å². The molecule has 0 aliphatic rings. The standard InChI is InChI=1S/C16H17Br2N/c1-3-15(12-6-4-11(2)5-7-12)19-16-9-8-13(17)10-14(16)18/h4-10,15,19H,3H2,1-2H3. The lowest BCUT2D eigenvalue weighted by Crippen LogP contribution is -2.10. The Morgan fingerprint density at radius 1 is 1.05 bits per heavy atom. The highest BCUT2D eigenvalue weighted by Gasteiger charge is 2.10. The number of rotatable bonds is 4. The van der Waals surface area contributed by atoms with Crippen molar-refractivity contribution in [2.45, 2.75) is 26.3 Å². The Labute approximate surface area is 131 Å². The largest absolute Gasteiger partial charge is 0.377 e. The van der Waals surface area contributed by atoms with Crippen molar-refractivity contribution in [1.29, 1.82) is 0 Å². The average molecular weight is 383 g/mol. The highest BCUT2D eigenvalue weighted by molar-refractivity contribution is 9.11. The van der Waals surface area contributed by atoms with E-state index in [9.17, 15) is 0 Å². The van der Waals surface area contributed by atoms with Gasteiger partial charge in [-0.2, -0.15) is 0 Å². The summed E-state index contributed by atoms with van der Waals surface area (Å²) in [6.07, 6.45) is 1.05. The third-order valence-corrected chi connectivity index (χ3v) is 4.30. The molecule has 2 aromatic rings. The van der Waals surface area contributed by atoms with Gasteiger partial charge in [-0.25, -0.2) is 0 Å². The zero-order chi connectivity index (χ0) is 13.8. The van der Waals surface area contributed by atoms with Gasteiger partial charge in [-0.05, 0) is 53.0 Å². The molecule has 19 heavy (non-hydrogen) atoms. The summed E-state index contributed by atoms with van der Waals surface area (Å²) >= 11 is 7.07. The molecule has 1 nitrogen and oxygen atoms in total. The van der Waals surface area contributed by atoms with Gasteiger partial charge in [-0.1, -0.05) is 52.7 Å². The second-order valence-electron chi connectivity index (χ2n) is 4.64. The van der Waals surface area contributed by atoms with Gasteiger partial charge in [0.2, 0.25) is 0 Å². The molecule has 0 radical (unpaired) electrons. The maximum atomic E-state index is 3.60. The van der Waals surface area contributed by atoms with Gasteiger partial charge in [0.25, 0.3) is 0 Å². The first-order valence-electron chi connectivity index (χ1n) is 6.38. The Hall–Kier alpha value is -0.800. The molecule has 2 rings (SSSR count). The normalized spacial score (nSPS) is 12.2. The van der Waals surface area contributed by atoms with Crippen molar-refractivity contribution in [3.63, 3.8) is 0 Å². The van der Waals surface area contributed by atoms with Crippen LogP contribution in [0.3, 0.4) is 0 Å². The van der Waals surface area contributed by atoms with Gasteiger partial charge in [0.15, 0.2) is 0 Å². The van der Waals surface area contributed by atoms with Crippen LogP contribution < -0.4 is 5.32 Å². The van der Waals surface area contributed by atoms with Crippen LogP contribution in [-0.4, -0.2) is 0 Å². The first kappa shape index (κ1) is 14.6. The predicted octanol–water partition coefficient (Wildman–Crippen LogP) is 6.08. The molecular formula is C16H17Br2N. The number of aryl methyl sites for hydroxylation is 1. The smallest absolute Gasteiger partial charge is 0.0511 e. The van der Waals surface area contributed by atoms with Crippen LogP contribution in [0.1, 0.15) is 30.5 Å². The summed E-state index contributed by atoms with van der Waals surface area (Å²) in [5.74, 6) is 0. The quantitative estimate of drug-likeness (QED) is 0.675. The van der Waals surface area contributed by atoms with Crippen LogP contribution in [-0.2, 0) is 0 Å². The average Bonchev–Trinajstić information content (AvgIpc) is 2.39. The molecule has 0 aliphatic carbocycles. The lowest BCUT2D eigenvalue weighted by Gasteiger charge is -2.20. The molecule has 0 aliphatic heterocycles. The number of anilines is 1. The minimum atomic E-state index is 0.332. The van der Waals surface area contributed by atoms with E-state index in [1.54, 1.807) is 0 Å². The highest BCUT2D eigenvalue weighted by Crippen LogP contribution is 2.30. The molecule has 0 spiro atoms. The summed E-state index contributed by atoms with van der Waals surface area (Å²) in [5.41, 5.74) is 3.74. The van der Waals surface area contributed by atoms with Crippen molar-refractivity contribution in [2.24, 2.45) is 0 Å². The molecule has 0 saturated carbocycles. The van der Waals surface area contributed by atoms with Crippen LogP contribution in [0.5, 0.6) is 0 Å². The second kappa shape index (κ2) is 6.58. The van der Waals surface area contributed by atoms with E-state index in [0.717, 1.165) is 21.1 Å². The molecule has 2 aromatic carbocycles. The highest BCUT2D eigenvalue weighted by atomic mass is 79.9. The number of hydrogen-bond acceptors (Lipinski definition) is 1. The summed E-state index contributed by atoms with van der Waals surface area (Å²) in [5, 5.41) is 3.59. The molecule has 0 saturated heterocycles. The zero-order valence-electron chi connectivity index (χ0n) is 11.1. The van der Waals surface area contributed by atoms with Gasteiger partial charge in [-0.15, -0.1) is 0 Å². The van der Waals surface area contributed by atoms with E-state index in [1.807, 2.05) is 0 Å². The number of benzene rings is 2. The molecule has 1 atom stereocenters. The molecule has 0 bridgehead atoms. The minimum absolute atomic E-state index is 0.332. The van der Waals surface area contributed by atoms with Gasteiger partial charge >= 0.3 is 0 Å². The lowest BCUT2D eigenvalue weighted by atomic mass is 10.0. The van der Waals surface area contributed by atoms with Crippen molar-refractivity contribution >= 4 is 37.5 Å². The summed E-state index contributed by atoms with van der Waals surface area (Å²) in [6.45, 7) is 4.31. The minimum Gasteiger partial charge on any atom is -0.377 e. The van der Waals surface area contributed by atoms with Gasteiger partial charge in [0.1, 0.15) is 0 Å². The van der Waals surface area contributed by atoms with Gasteiger partial charge in [0, 0.05) is 14.6 Å². The number of halogens is 2. The van der Waals surface area contributed by atoms with Gasteiger partial charge in [-0.3, -0.25) is 0 Å². The molecule has 0 heterocycles. The maximum absolute atomic E-state index is 3.60. The van der Waals surface area contributed by atoms with Crippen molar-refractivity contribution in [3.05, 3.63) is 62.5 Å². The number of hydrogen-bond donors (Lipinski definition) is 1. The maximum Gasteiger partial charge on any atom is 0.0511 e. The number of nitrogens with one attached hydrogen (secondary N) is 1. The summed E-state index contributed by atoms with van der Waals surface area (Å²) in [6, 6.07) is 15.3. The third-order valence-electron chi connectivity index (χ3n) is 3.15. The first-order chi connectivity index (χ1) is 9.10. The fraction of sp³-hybridized carbons (Fsp3) is 0.250. The van der Waals surface area contributed by atoms with E-state index in [4.69, 9.17) is 0 Å². The van der Waals surface area contributed by atoms with Crippen molar-refractivity contribution in [3.8, 4) is 0 Å². The summed E-state index contributed by atoms with van der Waals surface area (Å²) in [7, 11) is 0. The van der Waals surface area contributed by atoms with Crippen molar-refractivity contribution in [1.82, 2.24) is 0 Å². The van der Waals surface area contributed by atoms with Crippen LogP contribution in [0, 0.1) is 6.92 Å². The van der Waals surface area contributed by atoms with Crippen molar-refractivity contribution < 1.29 is 0 Å². The Balaban J connectivity index is 2.21. The van der Waals surface area contributed by atoms with Crippen LogP contribution in [0.4, 0.5) is 5.69 Å². The van der Waals surface area contributed by atoms with Crippen LogP contribution in [0.15, 0.2) is 51.4 Å². The fourth-order valence-electron chi connectivity index (χ4n) is 2.01. The monoisotopic (exact) mass is 381 g/mol. The van der Waals surface area contributed by atoms with Crippen LogP contribution in [0.25, 0.3) is 0 Å². The van der Waals surface area contributed by atoms with Crippen LogP contribution in [0.2, 0.25) is 0 Å². The third kappa shape index (κ3) is 3.83. The molecule has 0 amide bonds. The van der Waals surface area contributed by atoms with Crippen molar-refractivity contribution in [2.75, 3.05) is 5.32 Å².